The Morgan fingerprint density at radius 2 is 2.12 bits per heavy atom. The van der Waals surface area contributed by atoms with Gasteiger partial charge in [0.2, 0.25) is 0 Å². The number of nitrogens with two attached hydrogens (primary N) is 1. The van der Waals surface area contributed by atoms with Crippen LogP contribution in [0.2, 0.25) is 0 Å². The number of piperidine rings is 1. The van der Waals surface area contributed by atoms with Gasteiger partial charge < -0.3 is 20.1 Å². The predicted octanol–water partition coefficient (Wildman–Crippen LogP) is 1.83. The van der Waals surface area contributed by atoms with Gasteiger partial charge in [0.25, 0.3) is 0 Å². The number of aromatic nitrogens is 2. The molecule has 0 aromatic carbocycles. The number of hydrazine groups is 2. The molecule has 4 aliphatic rings. The van der Waals surface area contributed by atoms with Gasteiger partial charge in [-0.1, -0.05) is 18.2 Å². The van der Waals surface area contributed by atoms with Crippen LogP contribution in [0.15, 0.2) is 35.1 Å². The lowest BCUT2D eigenvalue weighted by atomic mass is 10.0. The van der Waals surface area contributed by atoms with Crippen molar-refractivity contribution in [1.29, 1.82) is 0 Å². The standard InChI is InChI=1S/C22H32N8O3/c1-22(9-10-22)33-21(31)29-11-7-17(8-12-29)30-19(23)16(13-24-30)14-32-18-5-3-15(4-6-18)20-25-26-27-28(20)2/h3-5,13,17-18,26-27H,6-12,14,23H2,1-2H3. The monoisotopic (exact) mass is 456 g/mol. The molecular weight excluding hydrogens is 424 g/mol. The van der Waals surface area contributed by atoms with E-state index in [0.29, 0.717) is 25.5 Å². The zero-order valence-corrected chi connectivity index (χ0v) is 19.2. The van der Waals surface area contributed by atoms with Crippen molar-refractivity contribution in [3.8, 4) is 0 Å². The number of carbonyl (C=O) groups is 1. The van der Waals surface area contributed by atoms with E-state index in [4.69, 9.17) is 15.2 Å². The van der Waals surface area contributed by atoms with Crippen LogP contribution >= 0.6 is 0 Å². The van der Waals surface area contributed by atoms with Crippen LogP contribution in [-0.2, 0) is 16.1 Å². The van der Waals surface area contributed by atoms with Crippen molar-refractivity contribution in [2.75, 3.05) is 25.9 Å². The Morgan fingerprint density at radius 3 is 2.76 bits per heavy atom. The average molecular weight is 457 g/mol. The van der Waals surface area contributed by atoms with Gasteiger partial charge in [-0.2, -0.15) is 5.10 Å². The highest BCUT2D eigenvalue weighted by Gasteiger charge is 2.43. The van der Waals surface area contributed by atoms with Gasteiger partial charge >= 0.3 is 6.09 Å². The van der Waals surface area contributed by atoms with Gasteiger partial charge in [0, 0.05) is 31.3 Å². The second kappa shape index (κ2) is 8.71. The fourth-order valence-electron chi connectivity index (χ4n) is 4.28. The van der Waals surface area contributed by atoms with Gasteiger partial charge in [0.05, 0.1) is 24.9 Å². The zero-order chi connectivity index (χ0) is 23.0. The summed E-state index contributed by atoms with van der Waals surface area (Å²) in [5, 5.41) is 10.6. The van der Waals surface area contributed by atoms with Gasteiger partial charge in [-0.15, -0.1) is 10.6 Å². The Hall–Kier alpha value is -3.05. The molecule has 3 heterocycles. The molecule has 2 fully saturated rings. The van der Waals surface area contributed by atoms with Crippen LogP contribution < -0.4 is 16.8 Å². The highest BCUT2D eigenvalue weighted by Crippen LogP contribution is 2.39. The molecule has 1 atom stereocenters. The van der Waals surface area contributed by atoms with E-state index in [2.05, 4.69) is 27.3 Å². The van der Waals surface area contributed by atoms with E-state index in [1.54, 1.807) is 11.1 Å². The van der Waals surface area contributed by atoms with E-state index < -0.39 is 0 Å². The molecule has 1 unspecified atom stereocenters. The molecular formula is C22H32N8O3. The van der Waals surface area contributed by atoms with Gasteiger partial charge in [0.15, 0.2) is 5.84 Å². The number of anilines is 1. The molecule has 1 amide bonds. The van der Waals surface area contributed by atoms with Crippen molar-refractivity contribution in [3.63, 3.8) is 0 Å². The maximum absolute atomic E-state index is 12.3. The minimum Gasteiger partial charge on any atom is -0.443 e. The van der Waals surface area contributed by atoms with Gasteiger partial charge in [-0.25, -0.2) is 15.0 Å². The Kier molecular flexibility index (Phi) is 5.75. The normalized spacial score (nSPS) is 24.4. The van der Waals surface area contributed by atoms with E-state index in [9.17, 15) is 4.79 Å². The third-order valence-corrected chi connectivity index (χ3v) is 6.74. The van der Waals surface area contributed by atoms with Crippen molar-refractivity contribution in [2.45, 2.75) is 63.4 Å². The van der Waals surface area contributed by atoms with E-state index in [1.165, 1.54) is 0 Å². The minimum atomic E-state index is -0.241. The van der Waals surface area contributed by atoms with Crippen LogP contribution in [0.25, 0.3) is 0 Å². The minimum absolute atomic E-state index is 0.0210. The first-order valence-electron chi connectivity index (χ1n) is 11.5. The smallest absolute Gasteiger partial charge is 0.410 e. The molecule has 11 heteroatoms. The van der Waals surface area contributed by atoms with Crippen LogP contribution in [0.4, 0.5) is 10.6 Å². The lowest BCUT2D eigenvalue weighted by Crippen LogP contribution is -2.41. The number of nitrogens with zero attached hydrogens (tertiary/aromatic N) is 5. The Balaban J connectivity index is 1.10. The Bertz CT molecular complexity index is 988. The molecule has 1 aromatic rings. The summed E-state index contributed by atoms with van der Waals surface area (Å²) in [6.45, 7) is 3.69. The average Bonchev–Trinajstić information content (AvgIpc) is 3.21. The van der Waals surface area contributed by atoms with Crippen LogP contribution in [0.1, 0.15) is 50.6 Å². The lowest BCUT2D eigenvalue weighted by molar-refractivity contribution is 0.0491. The van der Waals surface area contributed by atoms with E-state index in [1.807, 2.05) is 35.8 Å². The molecule has 1 saturated carbocycles. The number of likely N-dealkylation sites (N-methyl/N-ethyl adjacent to an activating group) is 1. The molecule has 5 rings (SSSR count). The lowest BCUT2D eigenvalue weighted by Gasteiger charge is -2.32. The number of rotatable bonds is 6. The molecule has 0 spiro atoms. The molecule has 0 bridgehead atoms. The summed E-state index contributed by atoms with van der Waals surface area (Å²) in [7, 11) is 1.90. The molecule has 1 aromatic heterocycles. The van der Waals surface area contributed by atoms with E-state index >= 15 is 0 Å². The van der Waals surface area contributed by atoms with Crippen molar-refractivity contribution in [1.82, 2.24) is 30.8 Å². The van der Waals surface area contributed by atoms with Crippen molar-refractivity contribution in [3.05, 3.63) is 35.6 Å². The molecule has 178 valence electrons. The molecule has 11 nitrogen and oxygen atoms in total. The summed E-state index contributed by atoms with van der Waals surface area (Å²) in [5.41, 5.74) is 13.7. The fraction of sp³-hybridized carbons (Fsp3) is 0.591. The molecule has 33 heavy (non-hydrogen) atoms. The predicted molar refractivity (Wildman–Crippen MR) is 122 cm³/mol. The van der Waals surface area contributed by atoms with Gasteiger partial charge in [-0.3, -0.25) is 5.01 Å². The summed E-state index contributed by atoms with van der Waals surface area (Å²) in [6, 6.07) is 0.172. The largest absolute Gasteiger partial charge is 0.443 e. The number of likely N-dealkylation sites (tertiary alicyclic amines) is 1. The maximum atomic E-state index is 12.3. The summed E-state index contributed by atoms with van der Waals surface area (Å²) >= 11 is 0. The number of amidine groups is 1. The number of amides is 1. The maximum Gasteiger partial charge on any atom is 0.410 e. The van der Waals surface area contributed by atoms with Crippen LogP contribution in [-0.4, -0.2) is 63.5 Å². The molecule has 2 aliphatic heterocycles. The van der Waals surface area contributed by atoms with E-state index in [-0.39, 0.29) is 23.8 Å². The number of hydrogen-bond donors (Lipinski definition) is 3. The van der Waals surface area contributed by atoms with Crippen LogP contribution in [0, 0.1) is 0 Å². The second-order valence-electron chi connectivity index (χ2n) is 9.36. The summed E-state index contributed by atoms with van der Waals surface area (Å²) in [5.74, 6) is 1.48. The molecule has 1 saturated heterocycles. The molecule has 4 N–H and O–H groups in total. The first-order chi connectivity index (χ1) is 15.9. The SMILES string of the molecule is CN1NNN=C1C1=CCC(OCc2cnn(C3CCN(C(=O)OC4(C)CC4)CC3)c2N)C=C1. The molecule has 2 aliphatic carbocycles. The summed E-state index contributed by atoms with van der Waals surface area (Å²) in [6.07, 6.45) is 12.0. The summed E-state index contributed by atoms with van der Waals surface area (Å²) in [4.78, 5) is 14.1. The fourth-order valence-corrected chi connectivity index (χ4v) is 4.28. The second-order valence-corrected chi connectivity index (χ2v) is 9.36. The third kappa shape index (κ3) is 4.69. The van der Waals surface area contributed by atoms with Crippen LogP contribution in [0.3, 0.4) is 0 Å². The number of nitrogen functional groups attached to an aromatic ring is 1. The van der Waals surface area contributed by atoms with Crippen molar-refractivity contribution < 1.29 is 14.3 Å². The highest BCUT2D eigenvalue weighted by atomic mass is 16.6. The zero-order valence-electron chi connectivity index (χ0n) is 19.2. The quantitative estimate of drug-likeness (QED) is 0.593. The van der Waals surface area contributed by atoms with E-state index in [0.717, 1.165) is 49.1 Å². The highest BCUT2D eigenvalue weighted by molar-refractivity contribution is 6.00. The number of hydrazone groups is 1. The number of hydrogen-bond acceptors (Lipinski definition) is 9. The Morgan fingerprint density at radius 1 is 1.33 bits per heavy atom. The van der Waals surface area contributed by atoms with Gasteiger partial charge in [-0.05, 0) is 39.0 Å². The summed E-state index contributed by atoms with van der Waals surface area (Å²) < 4.78 is 13.5. The van der Waals surface area contributed by atoms with Crippen molar-refractivity contribution >= 4 is 17.7 Å². The molecule has 0 radical (unpaired) electrons. The number of ether oxygens (including phenoxy) is 2. The number of nitrogens with one attached hydrogen (secondary N) is 2. The first kappa shape index (κ1) is 21.8. The van der Waals surface area contributed by atoms with Crippen molar-refractivity contribution in [2.24, 2.45) is 5.10 Å². The first-order valence-corrected chi connectivity index (χ1v) is 11.5. The van der Waals surface area contributed by atoms with Crippen LogP contribution in [0.5, 0.6) is 0 Å². The Labute approximate surface area is 193 Å². The topological polar surface area (TPSA) is 122 Å². The third-order valence-electron chi connectivity index (χ3n) is 6.74. The number of carbonyl (C=O) groups excluding carboxylic acids is 1. The van der Waals surface area contributed by atoms with Gasteiger partial charge in [0.1, 0.15) is 11.4 Å².